The number of aliphatic imine (C=N–C) groups is 1. The van der Waals surface area contributed by atoms with Crippen LogP contribution in [0.3, 0.4) is 0 Å². The molecule has 1 aromatic rings. The number of benzene rings is 1. The van der Waals surface area contributed by atoms with Gasteiger partial charge in [-0.15, -0.1) is 0 Å². The zero-order chi connectivity index (χ0) is 19.6. The molecule has 1 N–H and O–H groups in total. The van der Waals surface area contributed by atoms with E-state index in [1.807, 2.05) is 12.1 Å². The Bertz CT molecular complexity index is 594. The van der Waals surface area contributed by atoms with E-state index >= 15 is 0 Å². The van der Waals surface area contributed by atoms with Crippen molar-refractivity contribution in [2.24, 2.45) is 4.99 Å². The lowest BCUT2D eigenvalue weighted by atomic mass is 10.1. The molecule has 0 radical (unpaired) electrons. The summed E-state index contributed by atoms with van der Waals surface area (Å²) in [6.07, 6.45) is 7.04. The zero-order valence-corrected chi connectivity index (χ0v) is 17.0. The van der Waals surface area contributed by atoms with Gasteiger partial charge in [-0.1, -0.05) is 12.1 Å². The van der Waals surface area contributed by atoms with Crippen LogP contribution in [0.1, 0.15) is 44.6 Å². The Morgan fingerprint density at radius 2 is 2.00 bits per heavy atom. The van der Waals surface area contributed by atoms with E-state index in [0.29, 0.717) is 12.6 Å². The number of guanidine groups is 1. The second-order valence-corrected chi connectivity index (χ2v) is 7.62. The molecular formula is C22H34FN3O2. The van der Waals surface area contributed by atoms with Gasteiger partial charge in [0.2, 0.25) is 0 Å². The number of halogens is 1. The Balaban J connectivity index is 1.42. The highest BCUT2D eigenvalue weighted by molar-refractivity contribution is 5.80. The van der Waals surface area contributed by atoms with E-state index in [9.17, 15) is 4.39 Å². The van der Waals surface area contributed by atoms with Crippen LogP contribution in [-0.4, -0.2) is 62.5 Å². The van der Waals surface area contributed by atoms with Crippen molar-refractivity contribution >= 4 is 5.96 Å². The third-order valence-electron chi connectivity index (χ3n) is 5.44. The molecule has 2 aliphatic heterocycles. The Morgan fingerprint density at radius 1 is 1.21 bits per heavy atom. The fourth-order valence-electron chi connectivity index (χ4n) is 3.78. The Labute approximate surface area is 168 Å². The molecule has 1 atom stereocenters. The molecule has 0 amide bonds. The maximum atomic E-state index is 13.0. The van der Waals surface area contributed by atoms with Crippen LogP contribution in [0.5, 0.6) is 0 Å². The lowest BCUT2D eigenvalue weighted by molar-refractivity contribution is -0.0721. The molecule has 2 fully saturated rings. The predicted molar refractivity (Wildman–Crippen MR) is 110 cm³/mol. The molecule has 1 aromatic carbocycles. The summed E-state index contributed by atoms with van der Waals surface area (Å²) in [5, 5.41) is 3.40. The van der Waals surface area contributed by atoms with Gasteiger partial charge in [-0.05, 0) is 63.1 Å². The summed E-state index contributed by atoms with van der Waals surface area (Å²) in [4.78, 5) is 7.10. The second-order valence-electron chi connectivity index (χ2n) is 7.62. The zero-order valence-electron chi connectivity index (χ0n) is 17.0. The number of hydrogen-bond acceptors (Lipinski definition) is 3. The normalized spacial score (nSPS) is 21.7. The van der Waals surface area contributed by atoms with Crippen molar-refractivity contribution in [1.29, 1.82) is 0 Å². The lowest BCUT2D eigenvalue weighted by Crippen LogP contribution is -2.47. The van der Waals surface area contributed by atoms with Crippen molar-refractivity contribution < 1.29 is 13.9 Å². The van der Waals surface area contributed by atoms with E-state index in [-0.39, 0.29) is 11.9 Å². The summed E-state index contributed by atoms with van der Waals surface area (Å²) >= 11 is 0. The number of nitrogens with zero attached hydrogens (tertiary/aromatic N) is 2. The average Bonchev–Trinajstić information content (AvgIpc) is 2.74. The molecule has 0 aromatic heterocycles. The van der Waals surface area contributed by atoms with E-state index in [0.717, 1.165) is 70.1 Å². The maximum absolute atomic E-state index is 13.0. The minimum atomic E-state index is -0.194. The number of piperidine rings is 1. The Kier molecular flexibility index (Phi) is 8.55. The average molecular weight is 392 g/mol. The van der Waals surface area contributed by atoms with Gasteiger partial charge in [0.25, 0.3) is 0 Å². The van der Waals surface area contributed by atoms with Gasteiger partial charge in [0.1, 0.15) is 5.82 Å². The fraction of sp³-hybridized carbons (Fsp3) is 0.682. The van der Waals surface area contributed by atoms with Gasteiger partial charge in [0.15, 0.2) is 5.96 Å². The van der Waals surface area contributed by atoms with Crippen LogP contribution in [0.25, 0.3) is 0 Å². The standard InChI is InChI=1S/C22H34FN3O2/c1-2-24-22(25-13-10-18-6-8-19(23)9-7-18)26-14-11-20(12-15-26)28-17-21-5-3-4-16-27-21/h6-9,20-21H,2-5,10-17H2,1H3,(H,24,25). The molecule has 28 heavy (non-hydrogen) atoms. The van der Waals surface area contributed by atoms with Crippen molar-refractivity contribution in [2.45, 2.75) is 57.7 Å². The number of likely N-dealkylation sites (tertiary alicyclic amines) is 1. The van der Waals surface area contributed by atoms with Crippen molar-refractivity contribution in [2.75, 3.05) is 39.4 Å². The molecular weight excluding hydrogens is 357 g/mol. The van der Waals surface area contributed by atoms with Crippen LogP contribution in [0.4, 0.5) is 4.39 Å². The molecule has 0 bridgehead atoms. The smallest absolute Gasteiger partial charge is 0.193 e. The summed E-state index contributed by atoms with van der Waals surface area (Å²) in [7, 11) is 0. The van der Waals surface area contributed by atoms with Gasteiger partial charge >= 0.3 is 0 Å². The van der Waals surface area contributed by atoms with E-state index < -0.39 is 0 Å². The number of hydrogen-bond donors (Lipinski definition) is 1. The number of ether oxygens (including phenoxy) is 2. The predicted octanol–water partition coefficient (Wildman–Crippen LogP) is 3.38. The minimum absolute atomic E-state index is 0.194. The van der Waals surface area contributed by atoms with Crippen LogP contribution < -0.4 is 5.32 Å². The molecule has 2 saturated heterocycles. The molecule has 2 aliphatic rings. The summed E-state index contributed by atoms with van der Waals surface area (Å²) in [6.45, 7) is 7.17. The van der Waals surface area contributed by atoms with E-state index in [2.05, 4.69) is 17.1 Å². The number of rotatable bonds is 7. The highest BCUT2D eigenvalue weighted by atomic mass is 19.1. The number of nitrogens with one attached hydrogen (secondary N) is 1. The molecule has 0 aliphatic carbocycles. The quantitative estimate of drug-likeness (QED) is 0.572. The monoisotopic (exact) mass is 391 g/mol. The molecule has 156 valence electrons. The second kappa shape index (κ2) is 11.4. The van der Waals surface area contributed by atoms with Crippen molar-refractivity contribution in [3.8, 4) is 0 Å². The van der Waals surface area contributed by atoms with Crippen LogP contribution in [0, 0.1) is 5.82 Å². The van der Waals surface area contributed by atoms with Crippen molar-refractivity contribution in [1.82, 2.24) is 10.2 Å². The van der Waals surface area contributed by atoms with Gasteiger partial charge < -0.3 is 19.7 Å². The molecule has 1 unspecified atom stereocenters. The summed E-state index contributed by atoms with van der Waals surface area (Å²) in [5.74, 6) is 0.777. The van der Waals surface area contributed by atoms with Gasteiger partial charge in [-0.25, -0.2) is 4.39 Å². The first-order chi connectivity index (χ1) is 13.7. The van der Waals surface area contributed by atoms with Crippen LogP contribution in [-0.2, 0) is 15.9 Å². The van der Waals surface area contributed by atoms with Gasteiger partial charge in [0.05, 0.1) is 18.8 Å². The van der Waals surface area contributed by atoms with Gasteiger partial charge in [-0.3, -0.25) is 4.99 Å². The van der Waals surface area contributed by atoms with Gasteiger partial charge in [-0.2, -0.15) is 0 Å². The Hall–Kier alpha value is -1.66. The largest absolute Gasteiger partial charge is 0.376 e. The van der Waals surface area contributed by atoms with Crippen molar-refractivity contribution in [3.05, 3.63) is 35.6 Å². The van der Waals surface area contributed by atoms with Crippen molar-refractivity contribution in [3.63, 3.8) is 0 Å². The van der Waals surface area contributed by atoms with Gasteiger partial charge in [0, 0.05) is 32.8 Å². The molecule has 5 nitrogen and oxygen atoms in total. The van der Waals surface area contributed by atoms with E-state index in [1.54, 1.807) is 0 Å². The third-order valence-corrected chi connectivity index (χ3v) is 5.44. The maximum Gasteiger partial charge on any atom is 0.193 e. The van der Waals surface area contributed by atoms with Crippen LogP contribution >= 0.6 is 0 Å². The molecule has 0 saturated carbocycles. The first-order valence-electron chi connectivity index (χ1n) is 10.8. The van der Waals surface area contributed by atoms with Crippen LogP contribution in [0.2, 0.25) is 0 Å². The van der Waals surface area contributed by atoms with E-state index in [1.165, 1.54) is 25.0 Å². The molecule has 6 heteroatoms. The molecule has 2 heterocycles. The van der Waals surface area contributed by atoms with E-state index in [4.69, 9.17) is 14.5 Å². The lowest BCUT2D eigenvalue weighted by Gasteiger charge is -2.35. The highest BCUT2D eigenvalue weighted by Gasteiger charge is 2.23. The van der Waals surface area contributed by atoms with Crippen LogP contribution in [0.15, 0.2) is 29.3 Å². The first kappa shape index (κ1) is 21.1. The highest BCUT2D eigenvalue weighted by Crippen LogP contribution is 2.18. The molecule has 0 spiro atoms. The molecule has 3 rings (SSSR count). The SMILES string of the molecule is CCNC(=NCCc1ccc(F)cc1)N1CCC(OCC2CCCCO2)CC1. The summed E-state index contributed by atoms with van der Waals surface area (Å²) < 4.78 is 24.9. The minimum Gasteiger partial charge on any atom is -0.376 e. The summed E-state index contributed by atoms with van der Waals surface area (Å²) in [6, 6.07) is 6.67. The fourth-order valence-corrected chi connectivity index (χ4v) is 3.78. The topological polar surface area (TPSA) is 46.1 Å². The Morgan fingerprint density at radius 3 is 2.68 bits per heavy atom. The summed E-state index contributed by atoms with van der Waals surface area (Å²) in [5.41, 5.74) is 1.11. The first-order valence-corrected chi connectivity index (χ1v) is 10.8. The third kappa shape index (κ3) is 6.74.